The maximum atomic E-state index is 14.3. The SMILES string of the molecule is CN=C(CCc1ccc(F)cc1-c1cc(F)ccc1C)Nn1nc(-c2ccccc2)cc1/C=C(\NC)c1ccccc1. The van der Waals surface area contributed by atoms with E-state index in [9.17, 15) is 8.78 Å². The molecule has 0 aliphatic heterocycles. The minimum absolute atomic E-state index is 0.354. The van der Waals surface area contributed by atoms with E-state index in [1.54, 1.807) is 24.0 Å². The molecule has 212 valence electrons. The number of rotatable bonds is 9. The molecule has 5 aromatic rings. The predicted molar refractivity (Wildman–Crippen MR) is 169 cm³/mol. The quantitative estimate of drug-likeness (QED) is 0.143. The second-order valence-corrected chi connectivity index (χ2v) is 9.95. The van der Waals surface area contributed by atoms with Crippen LogP contribution in [0.25, 0.3) is 34.2 Å². The largest absolute Gasteiger partial charge is 0.388 e. The molecular formula is C35H33F2N5. The van der Waals surface area contributed by atoms with Crippen LogP contribution in [-0.2, 0) is 6.42 Å². The summed E-state index contributed by atoms with van der Waals surface area (Å²) in [4.78, 5) is 6.23. The zero-order chi connectivity index (χ0) is 29.5. The van der Waals surface area contributed by atoms with Crippen LogP contribution in [0, 0.1) is 18.6 Å². The average Bonchev–Trinajstić information content (AvgIpc) is 3.42. The molecule has 7 heteroatoms. The van der Waals surface area contributed by atoms with Crippen molar-refractivity contribution >= 4 is 17.6 Å². The van der Waals surface area contributed by atoms with Gasteiger partial charge < -0.3 is 5.32 Å². The lowest BCUT2D eigenvalue weighted by atomic mass is 9.93. The highest BCUT2D eigenvalue weighted by Gasteiger charge is 2.14. The van der Waals surface area contributed by atoms with Gasteiger partial charge in [-0.3, -0.25) is 10.4 Å². The third kappa shape index (κ3) is 6.63. The highest BCUT2D eigenvalue weighted by Crippen LogP contribution is 2.30. The van der Waals surface area contributed by atoms with Crippen molar-refractivity contribution in [2.24, 2.45) is 4.99 Å². The molecule has 2 N–H and O–H groups in total. The third-order valence-corrected chi connectivity index (χ3v) is 7.15. The molecule has 42 heavy (non-hydrogen) atoms. The minimum Gasteiger partial charge on any atom is -0.388 e. The number of aryl methyl sites for hydroxylation is 2. The Hall–Kier alpha value is -5.04. The summed E-state index contributed by atoms with van der Waals surface area (Å²) in [5.41, 5.74) is 11.2. The number of halogens is 2. The van der Waals surface area contributed by atoms with E-state index >= 15 is 0 Å². The van der Waals surface area contributed by atoms with E-state index in [1.165, 1.54) is 24.3 Å². The molecule has 0 fully saturated rings. The van der Waals surface area contributed by atoms with Crippen molar-refractivity contribution in [1.82, 2.24) is 15.2 Å². The molecule has 0 aliphatic carbocycles. The smallest absolute Gasteiger partial charge is 0.123 e. The van der Waals surface area contributed by atoms with Crippen LogP contribution in [0.4, 0.5) is 8.78 Å². The first kappa shape index (κ1) is 28.5. The Balaban J connectivity index is 1.45. The fraction of sp³-hybridized carbons (Fsp3) is 0.143. The maximum Gasteiger partial charge on any atom is 0.123 e. The van der Waals surface area contributed by atoms with Gasteiger partial charge in [-0.15, -0.1) is 0 Å². The van der Waals surface area contributed by atoms with Gasteiger partial charge in [-0.2, -0.15) is 9.89 Å². The van der Waals surface area contributed by atoms with Crippen LogP contribution in [0.2, 0.25) is 0 Å². The van der Waals surface area contributed by atoms with Crippen LogP contribution in [-0.4, -0.2) is 29.8 Å². The molecule has 0 saturated carbocycles. The van der Waals surface area contributed by atoms with Crippen LogP contribution in [0.15, 0.2) is 108 Å². The van der Waals surface area contributed by atoms with E-state index in [1.807, 2.05) is 86.8 Å². The Labute approximate surface area is 245 Å². The van der Waals surface area contributed by atoms with Crippen LogP contribution >= 0.6 is 0 Å². The summed E-state index contributed by atoms with van der Waals surface area (Å²) >= 11 is 0. The van der Waals surface area contributed by atoms with Gasteiger partial charge in [0, 0.05) is 31.8 Å². The summed E-state index contributed by atoms with van der Waals surface area (Å²) in [5, 5.41) is 8.16. The van der Waals surface area contributed by atoms with Crippen molar-refractivity contribution in [3.63, 3.8) is 0 Å². The first-order chi connectivity index (χ1) is 20.4. The number of hydrogen-bond acceptors (Lipinski definition) is 3. The van der Waals surface area contributed by atoms with Gasteiger partial charge in [0.25, 0.3) is 0 Å². The maximum absolute atomic E-state index is 14.3. The monoisotopic (exact) mass is 561 g/mol. The number of nitrogens with zero attached hydrogens (tertiary/aromatic N) is 3. The first-order valence-electron chi connectivity index (χ1n) is 13.8. The number of amidine groups is 1. The number of aromatic nitrogens is 2. The van der Waals surface area contributed by atoms with Crippen LogP contribution in [0.5, 0.6) is 0 Å². The first-order valence-corrected chi connectivity index (χ1v) is 13.8. The Morgan fingerprint density at radius 1 is 0.857 bits per heavy atom. The molecule has 4 aromatic carbocycles. The van der Waals surface area contributed by atoms with Gasteiger partial charge in [0.2, 0.25) is 0 Å². The van der Waals surface area contributed by atoms with E-state index in [2.05, 4.69) is 15.7 Å². The summed E-state index contributed by atoms with van der Waals surface area (Å²) < 4.78 is 28.4. The number of nitrogens with one attached hydrogen (secondary N) is 2. The normalized spacial score (nSPS) is 11.9. The van der Waals surface area contributed by atoms with Gasteiger partial charge in [0.05, 0.1) is 11.4 Å². The Bertz CT molecular complexity index is 1720. The Morgan fingerprint density at radius 3 is 2.21 bits per heavy atom. The molecule has 0 aliphatic rings. The van der Waals surface area contributed by atoms with Crippen LogP contribution in [0.1, 0.15) is 28.8 Å². The lowest BCUT2D eigenvalue weighted by Gasteiger charge is -2.15. The van der Waals surface area contributed by atoms with Crippen molar-refractivity contribution in [2.75, 3.05) is 19.5 Å². The van der Waals surface area contributed by atoms with Gasteiger partial charge in [-0.05, 0) is 77.6 Å². The van der Waals surface area contributed by atoms with E-state index < -0.39 is 0 Å². The standard InChI is InChI=1S/C35H33F2N5/c1-24-14-17-28(36)20-31(24)32-21-29(37)18-15-25(32)16-19-35(39-3)41-42-30(22-33(38-2)26-10-6-4-7-11-26)23-34(40-42)27-12-8-5-9-13-27/h4-15,17-18,20-23,38H,16,19H2,1-3H3,(H,39,41)/b33-22-. The summed E-state index contributed by atoms with van der Waals surface area (Å²) in [7, 11) is 3.62. The Morgan fingerprint density at radius 2 is 1.52 bits per heavy atom. The molecule has 0 bridgehead atoms. The van der Waals surface area contributed by atoms with Crippen molar-refractivity contribution in [3.8, 4) is 22.4 Å². The summed E-state index contributed by atoms with van der Waals surface area (Å²) in [6.45, 7) is 1.90. The second-order valence-electron chi connectivity index (χ2n) is 9.95. The highest BCUT2D eigenvalue weighted by molar-refractivity contribution is 5.90. The molecule has 0 saturated heterocycles. The number of benzene rings is 4. The average molecular weight is 562 g/mol. The third-order valence-electron chi connectivity index (χ3n) is 7.15. The molecule has 1 aromatic heterocycles. The van der Waals surface area contributed by atoms with Crippen molar-refractivity contribution in [2.45, 2.75) is 19.8 Å². The van der Waals surface area contributed by atoms with Gasteiger partial charge in [0.15, 0.2) is 0 Å². The molecule has 0 unspecified atom stereocenters. The van der Waals surface area contributed by atoms with Crippen molar-refractivity contribution in [3.05, 3.63) is 137 Å². The van der Waals surface area contributed by atoms with Gasteiger partial charge in [0.1, 0.15) is 17.5 Å². The zero-order valence-corrected chi connectivity index (χ0v) is 23.9. The highest BCUT2D eigenvalue weighted by atomic mass is 19.1. The zero-order valence-electron chi connectivity index (χ0n) is 23.9. The summed E-state index contributed by atoms with van der Waals surface area (Å²) in [6, 6.07) is 31.4. The topological polar surface area (TPSA) is 54.2 Å². The fourth-order valence-electron chi connectivity index (χ4n) is 4.90. The van der Waals surface area contributed by atoms with Crippen molar-refractivity contribution in [1.29, 1.82) is 0 Å². The molecule has 0 atom stereocenters. The molecule has 5 nitrogen and oxygen atoms in total. The summed E-state index contributed by atoms with van der Waals surface area (Å²) in [5.74, 6) is -0.0161. The lowest BCUT2D eigenvalue weighted by molar-refractivity contribution is 0.625. The molecule has 0 amide bonds. The van der Waals surface area contributed by atoms with Gasteiger partial charge in [-0.1, -0.05) is 72.8 Å². The van der Waals surface area contributed by atoms with Gasteiger partial charge >= 0.3 is 0 Å². The molecular weight excluding hydrogens is 528 g/mol. The van der Waals surface area contributed by atoms with Gasteiger partial charge in [-0.25, -0.2) is 8.78 Å². The number of aliphatic imine (C=N–C) groups is 1. The second kappa shape index (κ2) is 13.1. The molecule has 5 rings (SSSR count). The Kier molecular flexibility index (Phi) is 8.87. The van der Waals surface area contributed by atoms with Crippen LogP contribution < -0.4 is 10.7 Å². The van der Waals surface area contributed by atoms with Crippen LogP contribution in [0.3, 0.4) is 0 Å². The van der Waals surface area contributed by atoms with E-state index in [4.69, 9.17) is 5.10 Å². The summed E-state index contributed by atoms with van der Waals surface area (Å²) in [6.07, 6.45) is 3.14. The minimum atomic E-state index is -0.361. The van der Waals surface area contributed by atoms with E-state index in [0.29, 0.717) is 29.8 Å². The molecule has 0 radical (unpaired) electrons. The molecule has 1 heterocycles. The van der Waals surface area contributed by atoms with E-state index in [0.717, 1.165) is 39.3 Å². The fourth-order valence-corrected chi connectivity index (χ4v) is 4.90. The van der Waals surface area contributed by atoms with Crippen molar-refractivity contribution < 1.29 is 8.78 Å². The molecule has 0 spiro atoms. The van der Waals surface area contributed by atoms with E-state index in [-0.39, 0.29) is 11.6 Å². The lowest BCUT2D eigenvalue weighted by Crippen LogP contribution is -2.26. The number of hydrogen-bond donors (Lipinski definition) is 2. The predicted octanol–water partition coefficient (Wildman–Crippen LogP) is 7.73.